The molecule has 0 saturated carbocycles. The van der Waals surface area contributed by atoms with E-state index in [9.17, 15) is 5.11 Å². The molecule has 0 aromatic carbocycles. The molecule has 0 fully saturated rings. The monoisotopic (exact) mass is 256 g/mol. The first-order chi connectivity index (χ1) is 8.19. The molecule has 6 heteroatoms. The molecule has 1 rings (SSSR count). The topological polar surface area (TPSA) is 84.1 Å². The van der Waals surface area contributed by atoms with Crippen LogP contribution in [0.15, 0.2) is 6.07 Å². The number of aryl methyl sites for hydroxylation is 1. The summed E-state index contributed by atoms with van der Waals surface area (Å²) >= 11 is 1.76. The average Bonchev–Trinajstić information content (AvgIpc) is 2.33. The molecule has 0 aliphatic carbocycles. The van der Waals surface area contributed by atoms with Crippen molar-refractivity contribution < 1.29 is 5.11 Å². The van der Waals surface area contributed by atoms with Crippen LogP contribution in [0.3, 0.4) is 0 Å². The second-order valence-electron chi connectivity index (χ2n) is 3.80. The molecule has 0 unspecified atom stereocenters. The third-order valence-corrected chi connectivity index (χ3v) is 2.99. The lowest BCUT2D eigenvalue weighted by molar-refractivity contribution is 0.272. The fraction of sp³-hybridized carbons (Fsp3) is 0.636. The maximum absolute atomic E-state index is 9.27. The van der Waals surface area contributed by atoms with Gasteiger partial charge in [0, 0.05) is 12.6 Å². The maximum Gasteiger partial charge on any atom is 0.130 e. The van der Waals surface area contributed by atoms with Gasteiger partial charge in [0.05, 0.1) is 18.3 Å². The zero-order valence-electron chi connectivity index (χ0n) is 10.3. The van der Waals surface area contributed by atoms with Gasteiger partial charge in [-0.25, -0.2) is 9.97 Å². The Morgan fingerprint density at radius 1 is 1.53 bits per heavy atom. The van der Waals surface area contributed by atoms with Crippen LogP contribution in [-0.2, 0) is 6.54 Å². The van der Waals surface area contributed by atoms with E-state index in [0.29, 0.717) is 12.4 Å². The van der Waals surface area contributed by atoms with E-state index in [4.69, 9.17) is 5.73 Å². The zero-order valence-corrected chi connectivity index (χ0v) is 11.1. The van der Waals surface area contributed by atoms with Crippen molar-refractivity contribution in [2.24, 2.45) is 5.73 Å². The van der Waals surface area contributed by atoms with Gasteiger partial charge in [-0.3, -0.25) is 0 Å². The van der Waals surface area contributed by atoms with Gasteiger partial charge in [-0.15, -0.1) is 0 Å². The largest absolute Gasteiger partial charge is 0.394 e. The highest BCUT2D eigenvalue weighted by Gasteiger charge is 2.08. The highest BCUT2D eigenvalue weighted by molar-refractivity contribution is 7.98. The Hall–Kier alpha value is -0.850. The average molecular weight is 256 g/mol. The molecule has 4 N–H and O–H groups in total. The highest BCUT2D eigenvalue weighted by atomic mass is 32.2. The second-order valence-corrected chi connectivity index (χ2v) is 4.79. The van der Waals surface area contributed by atoms with E-state index >= 15 is 0 Å². The lowest BCUT2D eigenvalue weighted by Gasteiger charge is -2.17. The van der Waals surface area contributed by atoms with Crippen molar-refractivity contribution in [1.82, 2.24) is 9.97 Å². The van der Waals surface area contributed by atoms with Crippen LogP contribution in [0.1, 0.15) is 17.9 Å². The smallest absolute Gasteiger partial charge is 0.130 e. The molecule has 0 amide bonds. The minimum atomic E-state index is 0.0300. The molecule has 0 aliphatic heterocycles. The molecular weight excluding hydrogens is 236 g/mol. The number of thioether (sulfide) groups is 1. The first kappa shape index (κ1) is 14.2. The van der Waals surface area contributed by atoms with Crippen LogP contribution in [0.5, 0.6) is 0 Å². The second kappa shape index (κ2) is 7.47. The molecule has 1 aromatic rings. The number of anilines is 1. The predicted molar refractivity (Wildman–Crippen MR) is 72.2 cm³/mol. The first-order valence-electron chi connectivity index (χ1n) is 5.60. The Morgan fingerprint density at radius 2 is 2.29 bits per heavy atom. The maximum atomic E-state index is 9.27. The number of hydrogen-bond donors (Lipinski definition) is 3. The van der Waals surface area contributed by atoms with Crippen LogP contribution >= 0.6 is 11.8 Å². The van der Waals surface area contributed by atoms with Gasteiger partial charge in [-0.2, -0.15) is 11.8 Å². The fourth-order valence-corrected chi connectivity index (χ4v) is 2.01. The van der Waals surface area contributed by atoms with Gasteiger partial charge in [-0.1, -0.05) is 0 Å². The molecule has 0 saturated heterocycles. The predicted octanol–water partition coefficient (Wildman–Crippen LogP) is 0.770. The summed E-state index contributed by atoms with van der Waals surface area (Å²) in [7, 11) is 0. The third-order valence-electron chi connectivity index (χ3n) is 2.34. The van der Waals surface area contributed by atoms with Crippen LogP contribution in [0.2, 0.25) is 0 Å². The molecule has 1 heterocycles. The minimum absolute atomic E-state index is 0.0300. The van der Waals surface area contributed by atoms with Crippen molar-refractivity contribution in [1.29, 1.82) is 0 Å². The van der Waals surface area contributed by atoms with Crippen molar-refractivity contribution in [2.45, 2.75) is 25.9 Å². The van der Waals surface area contributed by atoms with E-state index in [1.807, 2.05) is 13.0 Å². The van der Waals surface area contributed by atoms with Crippen LogP contribution in [0.25, 0.3) is 0 Å². The summed E-state index contributed by atoms with van der Waals surface area (Å²) in [6.07, 6.45) is 2.95. The van der Waals surface area contributed by atoms with Crippen LogP contribution in [0, 0.1) is 6.92 Å². The van der Waals surface area contributed by atoms with E-state index in [0.717, 1.165) is 23.7 Å². The van der Waals surface area contributed by atoms with Gasteiger partial charge in [0.1, 0.15) is 11.6 Å². The van der Waals surface area contributed by atoms with Crippen LogP contribution in [-0.4, -0.2) is 39.7 Å². The lowest BCUT2D eigenvalue weighted by atomic mass is 10.2. The quantitative estimate of drug-likeness (QED) is 0.668. The molecular formula is C11H20N4OS. The number of nitrogens with two attached hydrogens (primary N) is 1. The van der Waals surface area contributed by atoms with Gasteiger partial charge in [-0.05, 0) is 25.4 Å². The van der Waals surface area contributed by atoms with Gasteiger partial charge in [0.25, 0.3) is 0 Å². The Bertz CT molecular complexity index is 348. The molecule has 96 valence electrons. The molecule has 5 nitrogen and oxygen atoms in total. The van der Waals surface area contributed by atoms with Crippen molar-refractivity contribution in [2.75, 3.05) is 23.9 Å². The number of nitrogens with one attached hydrogen (secondary N) is 1. The summed E-state index contributed by atoms with van der Waals surface area (Å²) in [4.78, 5) is 8.49. The van der Waals surface area contributed by atoms with E-state index in [2.05, 4.69) is 21.5 Å². The number of hydrogen-bond acceptors (Lipinski definition) is 6. The fourth-order valence-electron chi connectivity index (χ4n) is 1.49. The van der Waals surface area contributed by atoms with E-state index < -0.39 is 0 Å². The molecule has 1 atom stereocenters. The molecule has 0 spiro atoms. The number of aliphatic hydroxyl groups is 1. The molecule has 17 heavy (non-hydrogen) atoms. The molecule has 0 bridgehead atoms. The highest BCUT2D eigenvalue weighted by Crippen LogP contribution is 2.10. The van der Waals surface area contributed by atoms with Gasteiger partial charge in [0.2, 0.25) is 0 Å². The third kappa shape index (κ3) is 4.89. The normalized spacial score (nSPS) is 12.5. The van der Waals surface area contributed by atoms with Crippen LogP contribution < -0.4 is 11.1 Å². The summed E-state index contributed by atoms with van der Waals surface area (Å²) in [5.74, 6) is 2.43. The van der Waals surface area contributed by atoms with Crippen molar-refractivity contribution in [3.63, 3.8) is 0 Å². The van der Waals surface area contributed by atoms with E-state index in [1.54, 1.807) is 11.8 Å². The van der Waals surface area contributed by atoms with E-state index in [-0.39, 0.29) is 12.6 Å². The SMILES string of the molecule is CSCC[C@@H](CO)Nc1cc(CN)nc(C)n1. The van der Waals surface area contributed by atoms with Crippen molar-refractivity contribution in [3.8, 4) is 0 Å². The standard InChI is InChI=1S/C11H20N4OS/c1-8-13-10(6-12)5-11(14-8)15-9(7-16)3-4-17-2/h5,9,16H,3-4,6-7,12H2,1-2H3,(H,13,14,15)/t9-/m0/s1. The minimum Gasteiger partial charge on any atom is -0.394 e. The summed E-state index contributed by atoms with van der Waals surface area (Å²) in [6.45, 7) is 2.33. The van der Waals surface area contributed by atoms with Crippen LogP contribution in [0.4, 0.5) is 5.82 Å². The molecule has 0 aliphatic rings. The van der Waals surface area contributed by atoms with E-state index in [1.165, 1.54) is 0 Å². The summed E-state index contributed by atoms with van der Waals surface area (Å²) < 4.78 is 0. The lowest BCUT2D eigenvalue weighted by Crippen LogP contribution is -2.25. The Morgan fingerprint density at radius 3 is 2.88 bits per heavy atom. The molecule has 0 radical (unpaired) electrons. The van der Waals surface area contributed by atoms with Crippen molar-refractivity contribution >= 4 is 17.6 Å². The first-order valence-corrected chi connectivity index (χ1v) is 7.00. The van der Waals surface area contributed by atoms with Gasteiger partial charge >= 0.3 is 0 Å². The number of rotatable bonds is 7. The van der Waals surface area contributed by atoms with Gasteiger partial charge in [0.15, 0.2) is 0 Å². The number of aromatic nitrogens is 2. The zero-order chi connectivity index (χ0) is 12.7. The Labute approximate surface area is 106 Å². The molecule has 1 aromatic heterocycles. The Balaban J connectivity index is 2.68. The number of nitrogens with zero attached hydrogens (tertiary/aromatic N) is 2. The summed E-state index contributed by atoms with van der Waals surface area (Å²) in [5.41, 5.74) is 6.37. The summed E-state index contributed by atoms with van der Waals surface area (Å²) in [5, 5.41) is 12.5. The Kier molecular flexibility index (Phi) is 6.25. The van der Waals surface area contributed by atoms with Gasteiger partial charge < -0.3 is 16.2 Å². The summed E-state index contributed by atoms with van der Waals surface area (Å²) in [6, 6.07) is 1.86. The van der Waals surface area contributed by atoms with Crippen molar-refractivity contribution in [3.05, 3.63) is 17.6 Å². The number of aliphatic hydroxyl groups excluding tert-OH is 1.